The zero-order valence-electron chi connectivity index (χ0n) is 18.0. The van der Waals surface area contributed by atoms with Gasteiger partial charge in [-0.15, -0.1) is 0 Å². The normalized spacial score (nSPS) is 15.2. The summed E-state index contributed by atoms with van der Waals surface area (Å²) in [6.45, 7) is 12.4. The number of fused-ring (bicyclic) bond motifs is 1. The molecule has 0 bridgehead atoms. The maximum Gasteiger partial charge on any atom is 0.205 e. The van der Waals surface area contributed by atoms with Crippen LogP contribution in [0.2, 0.25) is 0 Å². The summed E-state index contributed by atoms with van der Waals surface area (Å²) in [5.74, 6) is 2.97. The van der Waals surface area contributed by atoms with Gasteiger partial charge >= 0.3 is 0 Å². The lowest BCUT2D eigenvalue weighted by Crippen LogP contribution is -2.52. The highest BCUT2D eigenvalue weighted by atomic mass is 32.1. The number of nitrogens with zero attached hydrogens (tertiary/aromatic N) is 7. The van der Waals surface area contributed by atoms with Gasteiger partial charge in [0.2, 0.25) is 5.13 Å². The van der Waals surface area contributed by atoms with Crippen LogP contribution in [0.5, 0.6) is 0 Å². The van der Waals surface area contributed by atoms with E-state index in [0.29, 0.717) is 0 Å². The number of para-hydroxylation sites is 2. The molecule has 3 heterocycles. The van der Waals surface area contributed by atoms with Gasteiger partial charge in [0.1, 0.15) is 11.6 Å². The van der Waals surface area contributed by atoms with E-state index in [1.165, 1.54) is 17.0 Å². The molecular weight excluding hydrogens is 396 g/mol. The number of aryl methyl sites for hydroxylation is 2. The summed E-state index contributed by atoms with van der Waals surface area (Å²) in [7, 11) is 0. The maximum absolute atomic E-state index is 4.91. The van der Waals surface area contributed by atoms with Gasteiger partial charge in [0.15, 0.2) is 5.96 Å². The van der Waals surface area contributed by atoms with Gasteiger partial charge in [-0.05, 0) is 26.0 Å². The van der Waals surface area contributed by atoms with Gasteiger partial charge in [-0.1, -0.05) is 19.1 Å². The standard InChI is InChI=1S/C21H30N8S/c1-4-19-25-21(30-26-19)28-14-12-27(13-15-28)20(22-5-2)23-10-11-29-16(3)24-17-8-6-7-9-18(17)29/h6-9H,4-5,10-15H2,1-3H3,(H,22,23). The molecular formula is C21H30N8S. The Kier molecular flexibility index (Phi) is 6.47. The fourth-order valence-electron chi connectivity index (χ4n) is 3.79. The van der Waals surface area contributed by atoms with E-state index in [2.05, 4.69) is 73.0 Å². The molecule has 9 heteroatoms. The molecule has 1 saturated heterocycles. The summed E-state index contributed by atoms with van der Waals surface area (Å²) in [4.78, 5) is 18.9. The first-order valence-electron chi connectivity index (χ1n) is 10.7. The number of aliphatic imine (C=N–C) groups is 1. The molecule has 0 spiro atoms. The number of hydrogen-bond donors (Lipinski definition) is 1. The van der Waals surface area contributed by atoms with Gasteiger partial charge in [-0.25, -0.2) is 9.97 Å². The molecule has 1 aliphatic rings. The van der Waals surface area contributed by atoms with E-state index in [0.717, 1.165) is 80.5 Å². The van der Waals surface area contributed by atoms with Crippen LogP contribution >= 0.6 is 11.5 Å². The summed E-state index contributed by atoms with van der Waals surface area (Å²) in [5, 5.41) is 4.50. The SMILES string of the molecule is CCNC(=NCCn1c(C)nc2ccccc21)N1CCN(c2nc(CC)ns2)CC1. The van der Waals surface area contributed by atoms with Crippen molar-refractivity contribution in [2.24, 2.45) is 4.99 Å². The predicted octanol–water partition coefficient (Wildman–Crippen LogP) is 2.55. The fourth-order valence-corrected chi connectivity index (χ4v) is 4.59. The van der Waals surface area contributed by atoms with Crippen molar-refractivity contribution in [1.82, 2.24) is 29.1 Å². The number of hydrogen-bond acceptors (Lipinski definition) is 6. The summed E-state index contributed by atoms with van der Waals surface area (Å²) >= 11 is 1.51. The third-order valence-corrected chi connectivity index (χ3v) is 6.20. The molecule has 4 rings (SSSR count). The highest BCUT2D eigenvalue weighted by Gasteiger charge is 2.22. The van der Waals surface area contributed by atoms with E-state index in [1.807, 2.05) is 6.07 Å². The minimum atomic E-state index is 0.722. The second kappa shape index (κ2) is 9.42. The lowest BCUT2D eigenvalue weighted by Gasteiger charge is -2.36. The minimum Gasteiger partial charge on any atom is -0.357 e. The van der Waals surface area contributed by atoms with E-state index in [9.17, 15) is 0 Å². The first-order chi connectivity index (χ1) is 14.7. The molecule has 2 aromatic heterocycles. The summed E-state index contributed by atoms with van der Waals surface area (Å²) in [6.07, 6.45) is 0.888. The van der Waals surface area contributed by atoms with E-state index in [4.69, 9.17) is 4.99 Å². The first kappa shape index (κ1) is 20.6. The molecule has 8 nitrogen and oxygen atoms in total. The van der Waals surface area contributed by atoms with Crippen LogP contribution in [-0.4, -0.2) is 69.0 Å². The van der Waals surface area contributed by atoms with Crippen LogP contribution in [0.15, 0.2) is 29.3 Å². The third-order valence-electron chi connectivity index (χ3n) is 5.39. The van der Waals surface area contributed by atoms with Crippen molar-refractivity contribution in [1.29, 1.82) is 0 Å². The van der Waals surface area contributed by atoms with Crippen molar-refractivity contribution in [3.05, 3.63) is 35.9 Å². The van der Waals surface area contributed by atoms with Crippen molar-refractivity contribution in [2.75, 3.05) is 44.2 Å². The van der Waals surface area contributed by atoms with Crippen LogP contribution in [0.4, 0.5) is 5.13 Å². The molecule has 0 saturated carbocycles. The Morgan fingerprint density at radius 3 is 2.67 bits per heavy atom. The molecule has 3 aromatic rings. The summed E-state index contributed by atoms with van der Waals surface area (Å²) in [5.41, 5.74) is 2.22. The molecule has 0 unspecified atom stereocenters. The number of piperazine rings is 1. The first-order valence-corrected chi connectivity index (χ1v) is 11.5. The third kappa shape index (κ3) is 4.40. The number of benzene rings is 1. The fraction of sp³-hybridized carbons (Fsp3) is 0.524. The summed E-state index contributed by atoms with van der Waals surface area (Å²) in [6, 6.07) is 8.28. The monoisotopic (exact) mass is 426 g/mol. The highest BCUT2D eigenvalue weighted by Crippen LogP contribution is 2.19. The molecule has 0 atom stereocenters. The number of rotatable bonds is 6. The quantitative estimate of drug-likeness (QED) is 0.482. The van der Waals surface area contributed by atoms with Crippen LogP contribution < -0.4 is 10.2 Å². The average molecular weight is 427 g/mol. The Morgan fingerprint density at radius 2 is 1.93 bits per heavy atom. The van der Waals surface area contributed by atoms with Gasteiger partial charge in [0, 0.05) is 57.2 Å². The molecule has 0 amide bonds. The molecule has 30 heavy (non-hydrogen) atoms. The number of anilines is 1. The molecule has 0 aliphatic carbocycles. The van der Waals surface area contributed by atoms with E-state index in [-0.39, 0.29) is 0 Å². The van der Waals surface area contributed by atoms with Gasteiger partial charge in [-0.3, -0.25) is 4.99 Å². The molecule has 0 radical (unpaired) electrons. The Bertz CT molecular complexity index is 1000. The molecule has 1 fully saturated rings. The summed E-state index contributed by atoms with van der Waals surface area (Å²) < 4.78 is 6.67. The minimum absolute atomic E-state index is 0.722. The van der Waals surface area contributed by atoms with E-state index >= 15 is 0 Å². The zero-order chi connectivity index (χ0) is 20.9. The van der Waals surface area contributed by atoms with Crippen LogP contribution in [0.3, 0.4) is 0 Å². The Balaban J connectivity index is 1.38. The Hall–Kier alpha value is -2.68. The van der Waals surface area contributed by atoms with Gasteiger partial charge < -0.3 is 19.7 Å². The molecule has 1 N–H and O–H groups in total. The van der Waals surface area contributed by atoms with Gasteiger partial charge in [-0.2, -0.15) is 4.37 Å². The zero-order valence-corrected chi connectivity index (χ0v) is 18.8. The number of aromatic nitrogens is 4. The molecule has 160 valence electrons. The van der Waals surface area contributed by atoms with Crippen LogP contribution in [0.25, 0.3) is 11.0 Å². The van der Waals surface area contributed by atoms with Crippen LogP contribution in [-0.2, 0) is 13.0 Å². The van der Waals surface area contributed by atoms with E-state index in [1.54, 1.807) is 0 Å². The van der Waals surface area contributed by atoms with Gasteiger partial charge in [0.05, 0.1) is 17.6 Å². The smallest absolute Gasteiger partial charge is 0.205 e. The highest BCUT2D eigenvalue weighted by molar-refractivity contribution is 7.09. The van der Waals surface area contributed by atoms with Crippen molar-refractivity contribution in [2.45, 2.75) is 33.7 Å². The predicted molar refractivity (Wildman–Crippen MR) is 124 cm³/mol. The van der Waals surface area contributed by atoms with Crippen LogP contribution in [0.1, 0.15) is 25.5 Å². The average Bonchev–Trinajstić information content (AvgIpc) is 3.38. The number of imidazole rings is 1. The lowest BCUT2D eigenvalue weighted by molar-refractivity contribution is 0.372. The van der Waals surface area contributed by atoms with Crippen molar-refractivity contribution in [3.8, 4) is 0 Å². The van der Waals surface area contributed by atoms with Crippen molar-refractivity contribution < 1.29 is 0 Å². The topological polar surface area (TPSA) is 74.5 Å². The second-order valence-electron chi connectivity index (χ2n) is 7.36. The molecule has 1 aliphatic heterocycles. The van der Waals surface area contributed by atoms with Crippen LogP contribution in [0, 0.1) is 6.92 Å². The second-order valence-corrected chi connectivity index (χ2v) is 8.09. The number of guanidine groups is 1. The largest absolute Gasteiger partial charge is 0.357 e. The number of nitrogens with one attached hydrogen (secondary N) is 1. The molecule has 1 aromatic carbocycles. The van der Waals surface area contributed by atoms with Crippen molar-refractivity contribution in [3.63, 3.8) is 0 Å². The Morgan fingerprint density at radius 1 is 1.13 bits per heavy atom. The van der Waals surface area contributed by atoms with Gasteiger partial charge in [0.25, 0.3) is 0 Å². The lowest BCUT2D eigenvalue weighted by atomic mass is 10.3. The Labute approximate surface area is 181 Å². The maximum atomic E-state index is 4.91. The van der Waals surface area contributed by atoms with E-state index < -0.39 is 0 Å². The van der Waals surface area contributed by atoms with Crippen molar-refractivity contribution >= 4 is 33.7 Å².